The highest BCUT2D eigenvalue weighted by atomic mass is 32.2. The van der Waals surface area contributed by atoms with E-state index < -0.39 is 0 Å². The van der Waals surface area contributed by atoms with E-state index in [4.69, 9.17) is 9.15 Å². The molecular weight excluding hydrogens is 508 g/mol. The zero-order chi connectivity index (χ0) is 26.6. The van der Waals surface area contributed by atoms with E-state index in [9.17, 15) is 9.59 Å². The second-order valence-electron chi connectivity index (χ2n) is 9.75. The highest BCUT2D eigenvalue weighted by Gasteiger charge is 2.33. The van der Waals surface area contributed by atoms with Crippen LogP contribution < -0.4 is 4.74 Å². The Balaban J connectivity index is 1.23. The van der Waals surface area contributed by atoms with Crippen LogP contribution in [0.3, 0.4) is 0 Å². The van der Waals surface area contributed by atoms with E-state index in [-0.39, 0.29) is 24.5 Å². The molecule has 1 atom stereocenters. The molecule has 3 heterocycles. The minimum absolute atomic E-state index is 0.0153. The minimum atomic E-state index is -0.221. The van der Waals surface area contributed by atoms with E-state index in [1.165, 1.54) is 5.56 Å². The van der Waals surface area contributed by atoms with Crippen LogP contribution in [-0.4, -0.2) is 52.8 Å². The number of carbonyl (C=O) groups excluding carboxylic acids is 2. The van der Waals surface area contributed by atoms with Crippen molar-refractivity contribution in [2.45, 2.75) is 19.1 Å². The summed E-state index contributed by atoms with van der Waals surface area (Å²) in [7, 11) is 0. The van der Waals surface area contributed by atoms with Crippen molar-refractivity contribution in [3.8, 4) is 5.75 Å². The monoisotopic (exact) mass is 538 g/mol. The molecule has 198 valence electrons. The number of thioether (sulfide) groups is 1. The summed E-state index contributed by atoms with van der Waals surface area (Å²) >= 11 is 1.86. The molecule has 0 aliphatic carbocycles. The second kappa shape index (κ2) is 11.4. The molecule has 6 nitrogen and oxygen atoms in total. The van der Waals surface area contributed by atoms with Gasteiger partial charge >= 0.3 is 0 Å². The Morgan fingerprint density at radius 2 is 1.59 bits per heavy atom. The molecule has 2 aliphatic heterocycles. The van der Waals surface area contributed by atoms with Gasteiger partial charge < -0.3 is 19.0 Å². The lowest BCUT2D eigenvalue weighted by atomic mass is 9.87. The summed E-state index contributed by atoms with van der Waals surface area (Å²) in [6.45, 7) is 2.35. The van der Waals surface area contributed by atoms with Crippen LogP contribution in [0, 0.1) is 0 Å². The summed E-state index contributed by atoms with van der Waals surface area (Å²) < 4.78 is 12.0. The molecule has 6 rings (SSSR count). The molecule has 39 heavy (non-hydrogen) atoms. The third-order valence-electron chi connectivity index (χ3n) is 7.29. The van der Waals surface area contributed by atoms with Gasteiger partial charge in [0, 0.05) is 36.7 Å². The van der Waals surface area contributed by atoms with Crippen LogP contribution in [0.5, 0.6) is 5.75 Å². The smallest absolute Gasteiger partial charge is 0.289 e. The summed E-state index contributed by atoms with van der Waals surface area (Å²) in [6.07, 6.45) is 0.774. The molecule has 7 heteroatoms. The molecular formula is C32H30N2O4S. The first-order valence-corrected chi connectivity index (χ1v) is 14.4. The van der Waals surface area contributed by atoms with Gasteiger partial charge in [0.05, 0.1) is 6.04 Å². The first kappa shape index (κ1) is 25.3. The lowest BCUT2D eigenvalue weighted by molar-refractivity contribution is 0.0692. The Labute approximate surface area is 232 Å². The van der Waals surface area contributed by atoms with Gasteiger partial charge in [-0.2, -0.15) is 11.8 Å². The van der Waals surface area contributed by atoms with E-state index in [0.717, 1.165) is 42.1 Å². The third-order valence-corrected chi connectivity index (χ3v) is 8.24. The molecule has 2 aliphatic rings. The molecule has 0 spiro atoms. The van der Waals surface area contributed by atoms with Gasteiger partial charge in [-0.25, -0.2) is 0 Å². The van der Waals surface area contributed by atoms with Crippen LogP contribution in [0.1, 0.15) is 49.4 Å². The average Bonchev–Trinajstić information content (AvgIpc) is 3.49. The maximum absolute atomic E-state index is 13.6. The van der Waals surface area contributed by atoms with E-state index in [2.05, 4.69) is 18.2 Å². The second-order valence-corrected chi connectivity index (χ2v) is 11.0. The minimum Gasteiger partial charge on any atom is -0.486 e. The van der Waals surface area contributed by atoms with Crippen molar-refractivity contribution in [1.29, 1.82) is 0 Å². The standard InChI is InChI=1S/C32H30N2O4S/c35-31(25-9-5-2-6-10-25)34-16-15-23-11-12-26(21-28(23)30(34)24-7-3-1-4-8-24)37-22-27-13-14-29(38-27)32(36)33-17-19-39-20-18-33/h1-14,21,30H,15-20,22H2. The quantitative estimate of drug-likeness (QED) is 0.309. The molecule has 0 saturated carbocycles. The van der Waals surface area contributed by atoms with Crippen LogP contribution in [0.15, 0.2) is 95.4 Å². The number of fused-ring (bicyclic) bond motifs is 1. The van der Waals surface area contributed by atoms with Gasteiger partial charge in [-0.05, 0) is 59.5 Å². The largest absolute Gasteiger partial charge is 0.486 e. The zero-order valence-corrected chi connectivity index (χ0v) is 22.4. The van der Waals surface area contributed by atoms with Gasteiger partial charge in [0.2, 0.25) is 0 Å². The van der Waals surface area contributed by atoms with Crippen molar-refractivity contribution in [3.05, 3.63) is 125 Å². The fraction of sp³-hybridized carbons (Fsp3) is 0.250. The summed E-state index contributed by atoms with van der Waals surface area (Å²) in [6, 6.07) is 29.0. The number of hydrogen-bond acceptors (Lipinski definition) is 5. The predicted octanol–water partition coefficient (Wildman–Crippen LogP) is 5.84. The number of hydrogen-bond donors (Lipinski definition) is 0. The van der Waals surface area contributed by atoms with Gasteiger partial charge in [0.25, 0.3) is 11.8 Å². The molecule has 2 amide bonds. The molecule has 0 bridgehead atoms. The summed E-state index contributed by atoms with van der Waals surface area (Å²) in [5.74, 6) is 3.51. The molecule has 1 aromatic heterocycles. The van der Waals surface area contributed by atoms with Crippen molar-refractivity contribution in [3.63, 3.8) is 0 Å². The van der Waals surface area contributed by atoms with Crippen LogP contribution >= 0.6 is 11.8 Å². The molecule has 1 saturated heterocycles. The van der Waals surface area contributed by atoms with Crippen LogP contribution in [0.4, 0.5) is 0 Å². The van der Waals surface area contributed by atoms with Crippen LogP contribution in [0.2, 0.25) is 0 Å². The maximum atomic E-state index is 13.6. The highest BCUT2D eigenvalue weighted by molar-refractivity contribution is 7.99. The predicted molar refractivity (Wildman–Crippen MR) is 152 cm³/mol. The van der Waals surface area contributed by atoms with Crippen molar-refractivity contribution >= 4 is 23.6 Å². The first-order chi connectivity index (χ1) is 19.2. The van der Waals surface area contributed by atoms with Crippen LogP contribution in [0.25, 0.3) is 0 Å². The number of amides is 2. The summed E-state index contributed by atoms with van der Waals surface area (Å²) in [4.78, 5) is 30.2. The van der Waals surface area contributed by atoms with E-state index in [1.54, 1.807) is 12.1 Å². The van der Waals surface area contributed by atoms with Crippen molar-refractivity contribution in [2.75, 3.05) is 31.1 Å². The molecule has 1 fully saturated rings. The lowest BCUT2D eigenvalue weighted by Crippen LogP contribution is -2.40. The maximum Gasteiger partial charge on any atom is 0.289 e. The van der Waals surface area contributed by atoms with Crippen molar-refractivity contribution in [2.24, 2.45) is 0 Å². The Bertz CT molecular complexity index is 1450. The Morgan fingerprint density at radius 3 is 2.36 bits per heavy atom. The number of carbonyl (C=O) groups is 2. The Morgan fingerprint density at radius 1 is 0.846 bits per heavy atom. The molecule has 4 aromatic rings. The number of rotatable bonds is 6. The van der Waals surface area contributed by atoms with Gasteiger partial charge in [-0.3, -0.25) is 9.59 Å². The van der Waals surface area contributed by atoms with Gasteiger partial charge in [-0.15, -0.1) is 0 Å². The lowest BCUT2D eigenvalue weighted by Gasteiger charge is -2.38. The third kappa shape index (κ3) is 5.45. The van der Waals surface area contributed by atoms with E-state index >= 15 is 0 Å². The van der Waals surface area contributed by atoms with Gasteiger partial charge in [0.15, 0.2) is 5.76 Å². The fourth-order valence-corrected chi connectivity index (χ4v) is 6.19. The van der Waals surface area contributed by atoms with Crippen molar-refractivity contribution in [1.82, 2.24) is 9.80 Å². The average molecular weight is 539 g/mol. The number of furan rings is 1. The summed E-state index contributed by atoms with van der Waals surface area (Å²) in [5, 5.41) is 0. The topological polar surface area (TPSA) is 63.0 Å². The van der Waals surface area contributed by atoms with Crippen LogP contribution in [-0.2, 0) is 13.0 Å². The van der Waals surface area contributed by atoms with Gasteiger partial charge in [-0.1, -0.05) is 54.6 Å². The first-order valence-electron chi connectivity index (χ1n) is 13.3. The fourth-order valence-electron chi connectivity index (χ4n) is 5.29. The van der Waals surface area contributed by atoms with E-state index in [0.29, 0.717) is 29.4 Å². The molecule has 0 radical (unpaired) electrons. The SMILES string of the molecule is O=C(c1ccc(COc2ccc3c(c2)C(c2ccccc2)N(C(=O)c2ccccc2)CC3)o1)N1CCSCC1. The summed E-state index contributed by atoms with van der Waals surface area (Å²) in [5.41, 5.74) is 4.01. The van der Waals surface area contributed by atoms with E-state index in [1.807, 2.05) is 82.2 Å². The Hall–Kier alpha value is -3.97. The highest BCUT2D eigenvalue weighted by Crippen LogP contribution is 2.38. The molecule has 0 N–H and O–H groups in total. The molecule has 1 unspecified atom stereocenters. The Kier molecular flexibility index (Phi) is 7.41. The van der Waals surface area contributed by atoms with Gasteiger partial charge in [0.1, 0.15) is 18.1 Å². The number of nitrogens with zero attached hydrogens (tertiary/aromatic N) is 2. The van der Waals surface area contributed by atoms with Crippen molar-refractivity contribution < 1.29 is 18.7 Å². The number of ether oxygens (including phenoxy) is 1. The zero-order valence-electron chi connectivity index (χ0n) is 21.6. The molecule has 3 aromatic carbocycles. The normalized spacial score (nSPS) is 17.0. The number of benzene rings is 3.